The molecule has 2 N–H and O–H groups in total. The summed E-state index contributed by atoms with van der Waals surface area (Å²) in [6.07, 6.45) is 0.163. The topological polar surface area (TPSA) is 110 Å². The third kappa shape index (κ3) is 2.82. The maximum absolute atomic E-state index is 12.0. The molecule has 1 aromatic rings. The summed E-state index contributed by atoms with van der Waals surface area (Å²) >= 11 is 0. The highest BCUT2D eigenvalue weighted by Gasteiger charge is 2.31. The molecule has 0 aliphatic carbocycles. The van der Waals surface area contributed by atoms with Gasteiger partial charge in [0.2, 0.25) is 0 Å². The molecule has 0 unspecified atom stereocenters. The van der Waals surface area contributed by atoms with Gasteiger partial charge in [-0.3, -0.25) is 9.59 Å². The van der Waals surface area contributed by atoms with Gasteiger partial charge in [-0.15, -0.1) is 0 Å². The van der Waals surface area contributed by atoms with E-state index in [-0.39, 0.29) is 24.0 Å². The van der Waals surface area contributed by atoms with Gasteiger partial charge >= 0.3 is 17.9 Å². The summed E-state index contributed by atoms with van der Waals surface area (Å²) in [5.41, 5.74) is -0.213. The average molecular weight is 277 g/mol. The smallest absolute Gasteiger partial charge is 0.336 e. The molecule has 1 aliphatic rings. The summed E-state index contributed by atoms with van der Waals surface area (Å²) in [5.74, 6) is -3.40. The molecule has 20 heavy (non-hydrogen) atoms. The zero-order valence-electron chi connectivity index (χ0n) is 10.3. The number of hydrogen-bond donors (Lipinski definition) is 2. The molecule has 1 heterocycles. The largest absolute Gasteiger partial charge is 0.478 e. The minimum absolute atomic E-state index is 0.0251. The molecule has 7 nitrogen and oxygen atoms in total. The Morgan fingerprint density at radius 2 is 1.85 bits per heavy atom. The second-order valence-electron chi connectivity index (χ2n) is 4.21. The number of aromatic carboxylic acids is 1. The lowest BCUT2D eigenvalue weighted by molar-refractivity contribution is -0.165. The van der Waals surface area contributed by atoms with Gasteiger partial charge in [-0.1, -0.05) is 12.1 Å². The fourth-order valence-corrected chi connectivity index (χ4v) is 1.85. The number of carboxylic acids is 1. The predicted molar refractivity (Wildman–Crippen MR) is 65.0 cm³/mol. The summed E-state index contributed by atoms with van der Waals surface area (Å²) in [5, 5.41) is 11.4. The van der Waals surface area contributed by atoms with E-state index in [1.165, 1.54) is 24.3 Å². The van der Waals surface area contributed by atoms with Crippen molar-refractivity contribution in [2.45, 2.75) is 18.9 Å². The highest BCUT2D eigenvalue weighted by molar-refractivity contribution is 6.06. The number of rotatable bonds is 3. The lowest BCUT2D eigenvalue weighted by Crippen LogP contribution is -2.45. The second-order valence-corrected chi connectivity index (χ2v) is 4.21. The Hall–Kier alpha value is -2.70. The summed E-state index contributed by atoms with van der Waals surface area (Å²) in [6, 6.07) is 4.71. The Bertz CT molecular complexity index is 594. The minimum Gasteiger partial charge on any atom is -0.478 e. The van der Waals surface area contributed by atoms with Crippen molar-refractivity contribution >= 4 is 23.8 Å². The zero-order valence-corrected chi connectivity index (χ0v) is 10.3. The number of cyclic esters (lactones) is 2. The minimum atomic E-state index is -1.24. The van der Waals surface area contributed by atoms with Gasteiger partial charge < -0.3 is 15.2 Å². The van der Waals surface area contributed by atoms with E-state index in [1.54, 1.807) is 0 Å². The van der Waals surface area contributed by atoms with E-state index in [9.17, 15) is 19.2 Å². The first-order valence-corrected chi connectivity index (χ1v) is 5.86. The fourth-order valence-electron chi connectivity index (χ4n) is 1.85. The lowest BCUT2D eigenvalue weighted by atomic mass is 10.0. The molecule has 0 saturated carbocycles. The van der Waals surface area contributed by atoms with Crippen molar-refractivity contribution in [1.29, 1.82) is 0 Å². The molecule has 7 heteroatoms. The quantitative estimate of drug-likeness (QED) is 0.609. The van der Waals surface area contributed by atoms with Crippen LogP contribution in [0.25, 0.3) is 0 Å². The van der Waals surface area contributed by atoms with Crippen molar-refractivity contribution in [3.05, 3.63) is 35.4 Å². The number of carbonyl (C=O) groups excluding carboxylic acids is 3. The molecule has 1 aliphatic heterocycles. The van der Waals surface area contributed by atoms with E-state index < -0.39 is 29.9 Å². The first kappa shape index (κ1) is 13.7. The van der Waals surface area contributed by atoms with Gasteiger partial charge in [0.1, 0.15) is 6.04 Å². The lowest BCUT2D eigenvalue weighted by Gasteiger charge is -2.20. The molecule has 1 fully saturated rings. The fraction of sp³-hybridized carbons (Fsp3) is 0.231. The standard InChI is InChI=1S/C13H11NO6/c15-10-6-5-9(13(19)20-10)14-11(16)7-3-1-2-4-8(7)12(17)18/h1-4,9H,5-6H2,(H,14,16)(H,17,18)/t9-/m0/s1. The monoisotopic (exact) mass is 277 g/mol. The third-order valence-electron chi connectivity index (χ3n) is 2.84. The van der Waals surface area contributed by atoms with Gasteiger partial charge in [0.15, 0.2) is 0 Å². The van der Waals surface area contributed by atoms with Gasteiger partial charge in [-0.05, 0) is 18.6 Å². The van der Waals surface area contributed by atoms with Crippen LogP contribution in [0.3, 0.4) is 0 Å². The maximum Gasteiger partial charge on any atom is 0.336 e. The van der Waals surface area contributed by atoms with Crippen LogP contribution in [0, 0.1) is 0 Å². The zero-order chi connectivity index (χ0) is 14.7. The highest BCUT2D eigenvalue weighted by atomic mass is 16.6. The van der Waals surface area contributed by atoms with Crippen LogP contribution in [0.5, 0.6) is 0 Å². The predicted octanol–water partition coefficient (Wildman–Crippen LogP) is 0.347. The van der Waals surface area contributed by atoms with Gasteiger partial charge in [-0.25, -0.2) is 9.59 Å². The Morgan fingerprint density at radius 3 is 2.45 bits per heavy atom. The van der Waals surface area contributed by atoms with Gasteiger partial charge in [-0.2, -0.15) is 0 Å². The third-order valence-corrected chi connectivity index (χ3v) is 2.84. The average Bonchev–Trinajstić information content (AvgIpc) is 2.41. The van der Waals surface area contributed by atoms with E-state index in [2.05, 4.69) is 10.1 Å². The summed E-state index contributed by atoms with van der Waals surface area (Å²) in [4.78, 5) is 45.3. The van der Waals surface area contributed by atoms with Crippen molar-refractivity contribution < 1.29 is 29.0 Å². The molecule has 1 atom stereocenters. The number of ether oxygens (including phenoxy) is 1. The number of carboxylic acid groups (broad SMARTS) is 1. The number of hydrogen-bond acceptors (Lipinski definition) is 5. The summed E-state index contributed by atoms with van der Waals surface area (Å²) < 4.78 is 4.40. The number of esters is 2. The van der Waals surface area contributed by atoms with Crippen LogP contribution >= 0.6 is 0 Å². The molecule has 0 aromatic heterocycles. The first-order chi connectivity index (χ1) is 9.49. The number of benzene rings is 1. The Balaban J connectivity index is 2.15. The van der Waals surface area contributed by atoms with Gasteiger partial charge in [0, 0.05) is 6.42 Å². The normalized spacial score (nSPS) is 18.3. The summed E-state index contributed by atoms with van der Waals surface area (Å²) in [6.45, 7) is 0. The Kier molecular flexibility index (Phi) is 3.79. The van der Waals surface area contributed by atoms with E-state index >= 15 is 0 Å². The van der Waals surface area contributed by atoms with Crippen molar-refractivity contribution in [3.8, 4) is 0 Å². The Morgan fingerprint density at radius 1 is 1.20 bits per heavy atom. The van der Waals surface area contributed by atoms with Crippen molar-refractivity contribution in [2.24, 2.45) is 0 Å². The van der Waals surface area contributed by atoms with Gasteiger partial charge in [0.05, 0.1) is 11.1 Å². The summed E-state index contributed by atoms with van der Waals surface area (Å²) in [7, 11) is 0. The SMILES string of the molecule is O=C1CC[C@H](NC(=O)c2ccccc2C(=O)O)C(=O)O1. The van der Waals surface area contributed by atoms with Crippen LogP contribution in [0.2, 0.25) is 0 Å². The molecule has 0 spiro atoms. The molecule has 2 rings (SSSR count). The van der Waals surface area contributed by atoms with Crippen LogP contribution in [0.1, 0.15) is 33.6 Å². The van der Waals surface area contributed by atoms with E-state index in [0.717, 1.165) is 0 Å². The molecule has 0 radical (unpaired) electrons. The van der Waals surface area contributed by atoms with Crippen molar-refractivity contribution in [3.63, 3.8) is 0 Å². The number of carbonyl (C=O) groups is 4. The van der Waals surface area contributed by atoms with Crippen LogP contribution in [0.4, 0.5) is 0 Å². The van der Waals surface area contributed by atoms with Crippen LogP contribution in [-0.4, -0.2) is 35.0 Å². The molecular weight excluding hydrogens is 266 g/mol. The van der Waals surface area contributed by atoms with E-state index in [4.69, 9.17) is 5.11 Å². The molecule has 1 saturated heterocycles. The molecule has 0 bridgehead atoms. The highest BCUT2D eigenvalue weighted by Crippen LogP contribution is 2.13. The number of nitrogens with one attached hydrogen (secondary N) is 1. The molecular formula is C13H11NO6. The van der Waals surface area contributed by atoms with E-state index in [0.29, 0.717) is 0 Å². The van der Waals surface area contributed by atoms with Crippen LogP contribution in [0.15, 0.2) is 24.3 Å². The number of amides is 1. The maximum atomic E-state index is 12.0. The molecule has 1 amide bonds. The van der Waals surface area contributed by atoms with Gasteiger partial charge in [0.25, 0.3) is 5.91 Å². The van der Waals surface area contributed by atoms with Crippen LogP contribution < -0.4 is 5.32 Å². The second kappa shape index (κ2) is 5.52. The first-order valence-electron chi connectivity index (χ1n) is 5.86. The Labute approximate surface area is 113 Å². The van der Waals surface area contributed by atoms with Crippen molar-refractivity contribution in [2.75, 3.05) is 0 Å². The molecule has 104 valence electrons. The van der Waals surface area contributed by atoms with Crippen LogP contribution in [-0.2, 0) is 14.3 Å². The van der Waals surface area contributed by atoms with E-state index in [1.807, 2.05) is 0 Å². The molecule has 1 aromatic carbocycles. The van der Waals surface area contributed by atoms with Crippen molar-refractivity contribution in [1.82, 2.24) is 5.32 Å².